The van der Waals surface area contributed by atoms with E-state index in [1.54, 1.807) is 12.4 Å². The van der Waals surface area contributed by atoms with Crippen LogP contribution in [0.3, 0.4) is 0 Å². The molecule has 2 aromatic heterocycles. The lowest BCUT2D eigenvalue weighted by molar-refractivity contribution is -0.133. The van der Waals surface area contributed by atoms with Crippen molar-refractivity contribution in [1.29, 1.82) is 0 Å². The van der Waals surface area contributed by atoms with Crippen LogP contribution in [0.5, 0.6) is 0 Å². The summed E-state index contributed by atoms with van der Waals surface area (Å²) in [6.07, 6.45) is 3.51. The number of morpholine rings is 1. The van der Waals surface area contributed by atoms with Gasteiger partial charge in [-0.15, -0.1) is 0 Å². The standard InChI is InChI=1S/C23H26N6O2/c30-21(17-27-13-15-31-16-14-27)28-9-11-29(12-10-28)23-19-3-1-2-4-20(19)25-22(26-23)18-5-7-24-8-6-18/h1-8H,9-17H2. The normalized spacial score (nSPS) is 17.8. The van der Waals surface area contributed by atoms with E-state index in [4.69, 9.17) is 14.7 Å². The average Bonchev–Trinajstić information content (AvgIpc) is 2.84. The van der Waals surface area contributed by atoms with Crippen molar-refractivity contribution < 1.29 is 9.53 Å². The Balaban J connectivity index is 1.34. The molecule has 160 valence electrons. The maximum atomic E-state index is 12.8. The van der Waals surface area contributed by atoms with E-state index in [1.807, 2.05) is 35.2 Å². The average molecular weight is 419 g/mol. The molecule has 0 unspecified atom stereocenters. The molecule has 0 aliphatic carbocycles. The molecule has 1 aromatic carbocycles. The predicted molar refractivity (Wildman–Crippen MR) is 119 cm³/mol. The van der Waals surface area contributed by atoms with Gasteiger partial charge in [-0.05, 0) is 24.3 Å². The molecule has 3 aromatic rings. The minimum Gasteiger partial charge on any atom is -0.379 e. The summed E-state index contributed by atoms with van der Waals surface area (Å²) in [6.45, 7) is 6.47. The van der Waals surface area contributed by atoms with Crippen LogP contribution in [-0.4, -0.2) is 89.7 Å². The molecule has 0 radical (unpaired) electrons. The number of hydrogen-bond donors (Lipinski definition) is 0. The molecule has 0 spiro atoms. The highest BCUT2D eigenvalue weighted by atomic mass is 16.5. The molecular formula is C23H26N6O2. The number of rotatable bonds is 4. The Labute approximate surface area is 181 Å². The first kappa shape index (κ1) is 19.8. The van der Waals surface area contributed by atoms with E-state index >= 15 is 0 Å². The van der Waals surface area contributed by atoms with Crippen LogP contribution in [0, 0.1) is 0 Å². The molecular weight excluding hydrogens is 392 g/mol. The number of piperazine rings is 1. The van der Waals surface area contributed by atoms with Crippen LogP contribution in [-0.2, 0) is 9.53 Å². The Morgan fingerprint density at radius 3 is 2.42 bits per heavy atom. The number of carbonyl (C=O) groups is 1. The first-order valence-electron chi connectivity index (χ1n) is 10.8. The van der Waals surface area contributed by atoms with E-state index in [-0.39, 0.29) is 5.91 Å². The Kier molecular flexibility index (Phi) is 5.73. The Hall–Kier alpha value is -3.10. The number of carbonyl (C=O) groups excluding carboxylic acids is 1. The summed E-state index contributed by atoms with van der Waals surface area (Å²) in [5, 5.41) is 1.04. The number of pyridine rings is 1. The van der Waals surface area contributed by atoms with Crippen LogP contribution in [0.4, 0.5) is 5.82 Å². The number of ether oxygens (including phenoxy) is 1. The van der Waals surface area contributed by atoms with Crippen LogP contribution < -0.4 is 4.90 Å². The molecule has 0 N–H and O–H groups in total. The van der Waals surface area contributed by atoms with E-state index in [0.29, 0.717) is 38.7 Å². The molecule has 2 aliphatic rings. The third-order valence-corrected chi connectivity index (χ3v) is 5.92. The Morgan fingerprint density at radius 1 is 0.903 bits per heavy atom. The Bertz CT molecular complexity index is 1050. The van der Waals surface area contributed by atoms with E-state index in [2.05, 4.69) is 20.9 Å². The van der Waals surface area contributed by atoms with E-state index < -0.39 is 0 Å². The van der Waals surface area contributed by atoms with Gasteiger partial charge in [0.05, 0.1) is 25.3 Å². The van der Waals surface area contributed by atoms with Gasteiger partial charge >= 0.3 is 0 Å². The van der Waals surface area contributed by atoms with Gasteiger partial charge in [0.15, 0.2) is 5.82 Å². The topological polar surface area (TPSA) is 74.7 Å². The van der Waals surface area contributed by atoms with E-state index in [1.165, 1.54) is 0 Å². The summed E-state index contributed by atoms with van der Waals surface area (Å²) in [5.41, 5.74) is 1.87. The largest absolute Gasteiger partial charge is 0.379 e. The molecule has 5 rings (SSSR count). The number of anilines is 1. The molecule has 31 heavy (non-hydrogen) atoms. The van der Waals surface area contributed by atoms with Gasteiger partial charge < -0.3 is 14.5 Å². The number of hydrogen-bond acceptors (Lipinski definition) is 7. The van der Waals surface area contributed by atoms with Crippen molar-refractivity contribution in [3.8, 4) is 11.4 Å². The fourth-order valence-electron chi connectivity index (χ4n) is 4.15. The highest BCUT2D eigenvalue weighted by Crippen LogP contribution is 2.28. The van der Waals surface area contributed by atoms with Crippen molar-refractivity contribution in [2.75, 3.05) is 63.9 Å². The maximum Gasteiger partial charge on any atom is 0.236 e. The van der Waals surface area contributed by atoms with Crippen molar-refractivity contribution in [1.82, 2.24) is 24.8 Å². The van der Waals surface area contributed by atoms with Crippen LogP contribution >= 0.6 is 0 Å². The highest BCUT2D eigenvalue weighted by Gasteiger charge is 2.25. The number of aromatic nitrogens is 3. The van der Waals surface area contributed by atoms with Crippen LogP contribution in [0.1, 0.15) is 0 Å². The van der Waals surface area contributed by atoms with Crippen molar-refractivity contribution in [2.24, 2.45) is 0 Å². The molecule has 1 amide bonds. The maximum absolute atomic E-state index is 12.8. The van der Waals surface area contributed by atoms with Crippen molar-refractivity contribution in [3.05, 3.63) is 48.8 Å². The number of benzene rings is 1. The summed E-state index contributed by atoms with van der Waals surface area (Å²) in [6, 6.07) is 12.0. The molecule has 8 heteroatoms. The first-order chi connectivity index (χ1) is 15.3. The van der Waals surface area contributed by atoms with Crippen LogP contribution in [0.2, 0.25) is 0 Å². The van der Waals surface area contributed by atoms with Gasteiger partial charge in [0.2, 0.25) is 5.91 Å². The second kappa shape index (κ2) is 8.95. The molecule has 2 fully saturated rings. The zero-order valence-electron chi connectivity index (χ0n) is 17.5. The van der Waals surface area contributed by atoms with Gasteiger partial charge in [0, 0.05) is 62.6 Å². The molecule has 0 bridgehead atoms. The molecule has 0 atom stereocenters. The zero-order valence-corrected chi connectivity index (χ0v) is 17.5. The predicted octanol–water partition coefficient (Wildman–Crippen LogP) is 1.67. The SMILES string of the molecule is O=C(CN1CCOCC1)N1CCN(c2nc(-c3ccncc3)nc3ccccc23)CC1. The zero-order chi connectivity index (χ0) is 21.0. The monoisotopic (exact) mass is 418 g/mol. The van der Waals surface area contributed by atoms with Crippen LogP contribution in [0.25, 0.3) is 22.3 Å². The van der Waals surface area contributed by atoms with Crippen molar-refractivity contribution in [3.63, 3.8) is 0 Å². The molecule has 0 saturated carbocycles. The van der Waals surface area contributed by atoms with Crippen molar-refractivity contribution >= 4 is 22.6 Å². The lowest BCUT2D eigenvalue weighted by Crippen LogP contribution is -2.52. The minimum atomic E-state index is 0.201. The van der Waals surface area contributed by atoms with Gasteiger partial charge in [-0.1, -0.05) is 12.1 Å². The van der Waals surface area contributed by atoms with Gasteiger partial charge in [-0.25, -0.2) is 9.97 Å². The first-order valence-corrected chi connectivity index (χ1v) is 10.8. The van der Waals surface area contributed by atoms with Gasteiger partial charge in [0.25, 0.3) is 0 Å². The van der Waals surface area contributed by atoms with Crippen molar-refractivity contribution in [2.45, 2.75) is 0 Å². The summed E-state index contributed by atoms with van der Waals surface area (Å²) >= 11 is 0. The molecule has 2 aliphatic heterocycles. The quantitative estimate of drug-likeness (QED) is 0.638. The lowest BCUT2D eigenvalue weighted by atomic mass is 10.2. The fraction of sp³-hybridized carbons (Fsp3) is 0.391. The fourth-order valence-corrected chi connectivity index (χ4v) is 4.15. The highest BCUT2D eigenvalue weighted by molar-refractivity contribution is 5.91. The van der Waals surface area contributed by atoms with E-state index in [9.17, 15) is 4.79 Å². The number of para-hydroxylation sites is 1. The van der Waals surface area contributed by atoms with Gasteiger partial charge in [-0.2, -0.15) is 0 Å². The number of amides is 1. The van der Waals surface area contributed by atoms with Gasteiger partial charge in [-0.3, -0.25) is 14.7 Å². The lowest BCUT2D eigenvalue weighted by Gasteiger charge is -2.37. The third-order valence-electron chi connectivity index (χ3n) is 5.92. The number of fused-ring (bicyclic) bond motifs is 1. The molecule has 8 nitrogen and oxygen atoms in total. The van der Waals surface area contributed by atoms with Crippen LogP contribution in [0.15, 0.2) is 48.8 Å². The second-order valence-electron chi connectivity index (χ2n) is 7.88. The summed E-state index contributed by atoms with van der Waals surface area (Å²) in [4.78, 5) is 33.0. The minimum absolute atomic E-state index is 0.201. The third kappa shape index (κ3) is 4.35. The summed E-state index contributed by atoms with van der Waals surface area (Å²) < 4.78 is 5.38. The summed E-state index contributed by atoms with van der Waals surface area (Å²) in [5.74, 6) is 1.83. The smallest absolute Gasteiger partial charge is 0.236 e. The Morgan fingerprint density at radius 2 is 1.65 bits per heavy atom. The van der Waals surface area contributed by atoms with Gasteiger partial charge in [0.1, 0.15) is 5.82 Å². The molecule has 2 saturated heterocycles. The van der Waals surface area contributed by atoms with E-state index in [0.717, 1.165) is 48.5 Å². The molecule has 4 heterocycles. The second-order valence-corrected chi connectivity index (χ2v) is 7.88. The summed E-state index contributed by atoms with van der Waals surface area (Å²) in [7, 11) is 0. The number of nitrogens with zero attached hydrogens (tertiary/aromatic N) is 6.